The molecule has 4 aromatic carbocycles. The Labute approximate surface area is 269 Å². The topological polar surface area (TPSA) is 86.8 Å². The van der Waals surface area contributed by atoms with E-state index in [-0.39, 0.29) is 29.5 Å². The van der Waals surface area contributed by atoms with E-state index in [9.17, 15) is 18.0 Å². The maximum Gasteiger partial charge on any atom is 0.264 e. The molecule has 0 aromatic heterocycles. The molecule has 236 valence electrons. The summed E-state index contributed by atoms with van der Waals surface area (Å²) < 4.78 is 44.3. The molecule has 1 N–H and O–H groups in total. The van der Waals surface area contributed by atoms with E-state index in [4.69, 9.17) is 11.6 Å². The first-order valence-corrected chi connectivity index (χ1v) is 16.5. The lowest BCUT2D eigenvalue weighted by molar-refractivity contribution is -0.140. The Morgan fingerprint density at radius 1 is 0.889 bits per heavy atom. The van der Waals surface area contributed by atoms with Crippen LogP contribution < -0.4 is 9.62 Å². The Morgan fingerprint density at radius 3 is 2.16 bits per heavy atom. The van der Waals surface area contributed by atoms with E-state index in [2.05, 4.69) is 5.32 Å². The molecule has 4 rings (SSSR count). The SMILES string of the molecule is CC[C@H](C)NC(=O)[C@H](Cc1ccccc1)N(Cc1ccccc1F)C(=O)CN(c1ccccc1C)S(=O)(=O)c1ccc(Cl)cc1. The minimum atomic E-state index is -4.28. The normalized spacial score (nSPS) is 12.6. The number of amides is 2. The zero-order valence-corrected chi connectivity index (χ0v) is 27.1. The lowest BCUT2D eigenvalue weighted by Crippen LogP contribution is -2.54. The van der Waals surface area contributed by atoms with Gasteiger partial charge < -0.3 is 10.2 Å². The van der Waals surface area contributed by atoms with Crippen LogP contribution in [0.2, 0.25) is 5.02 Å². The number of rotatable bonds is 13. The second-order valence-electron chi connectivity index (χ2n) is 10.9. The molecule has 45 heavy (non-hydrogen) atoms. The van der Waals surface area contributed by atoms with Crippen molar-refractivity contribution in [2.75, 3.05) is 10.8 Å². The van der Waals surface area contributed by atoms with Gasteiger partial charge in [0.25, 0.3) is 10.0 Å². The van der Waals surface area contributed by atoms with Crippen molar-refractivity contribution in [2.24, 2.45) is 0 Å². The molecule has 0 unspecified atom stereocenters. The first-order chi connectivity index (χ1) is 21.5. The van der Waals surface area contributed by atoms with Crippen molar-refractivity contribution < 1.29 is 22.4 Å². The molecule has 2 amide bonds. The van der Waals surface area contributed by atoms with E-state index in [1.807, 2.05) is 44.2 Å². The number of nitrogens with one attached hydrogen (secondary N) is 1. The maximum absolute atomic E-state index is 15.0. The van der Waals surface area contributed by atoms with Crippen LogP contribution in [0.4, 0.5) is 10.1 Å². The zero-order valence-electron chi connectivity index (χ0n) is 25.5. The molecule has 4 aromatic rings. The van der Waals surface area contributed by atoms with Gasteiger partial charge in [-0.2, -0.15) is 0 Å². The van der Waals surface area contributed by atoms with Crippen LogP contribution in [0.25, 0.3) is 0 Å². The monoisotopic (exact) mass is 649 g/mol. The molecular formula is C35H37ClFN3O4S. The van der Waals surface area contributed by atoms with Crippen LogP contribution in [0, 0.1) is 12.7 Å². The molecule has 0 bridgehead atoms. The van der Waals surface area contributed by atoms with Crippen molar-refractivity contribution in [2.45, 2.75) is 57.1 Å². The van der Waals surface area contributed by atoms with E-state index in [1.54, 1.807) is 49.4 Å². The van der Waals surface area contributed by atoms with Crippen molar-refractivity contribution >= 4 is 39.1 Å². The Morgan fingerprint density at radius 2 is 1.51 bits per heavy atom. The van der Waals surface area contributed by atoms with Gasteiger partial charge >= 0.3 is 0 Å². The summed E-state index contributed by atoms with van der Waals surface area (Å²) in [7, 11) is -4.28. The third-order valence-corrected chi connectivity index (χ3v) is 9.66. The predicted molar refractivity (Wildman–Crippen MR) is 176 cm³/mol. The molecule has 0 saturated carbocycles. The number of aryl methyl sites for hydroxylation is 1. The zero-order chi connectivity index (χ0) is 32.6. The molecule has 0 heterocycles. The number of sulfonamides is 1. The van der Waals surface area contributed by atoms with Crippen molar-refractivity contribution in [3.63, 3.8) is 0 Å². The Kier molecular flexibility index (Phi) is 11.4. The molecule has 0 saturated heterocycles. The number of carbonyl (C=O) groups is 2. The largest absolute Gasteiger partial charge is 0.352 e. The van der Waals surface area contributed by atoms with Crippen LogP contribution in [0.3, 0.4) is 0 Å². The number of nitrogens with zero attached hydrogens (tertiary/aromatic N) is 2. The first-order valence-electron chi connectivity index (χ1n) is 14.7. The van der Waals surface area contributed by atoms with Gasteiger partial charge in [-0.25, -0.2) is 12.8 Å². The van der Waals surface area contributed by atoms with Gasteiger partial charge in [0.05, 0.1) is 10.6 Å². The van der Waals surface area contributed by atoms with Crippen LogP contribution in [0.1, 0.15) is 37.0 Å². The Bertz CT molecular complexity index is 1720. The van der Waals surface area contributed by atoms with Gasteiger partial charge in [0, 0.05) is 29.6 Å². The average Bonchev–Trinajstić information content (AvgIpc) is 3.03. The quantitative estimate of drug-likeness (QED) is 0.178. The lowest BCUT2D eigenvalue weighted by atomic mass is 10.0. The standard InChI is InChI=1S/C35H37ClFN3O4S/c1-4-26(3)38-35(42)33(22-27-13-6-5-7-14-27)39(23-28-15-9-10-16-31(28)37)34(41)24-40(32-17-11-8-12-25(32)2)45(43,44)30-20-18-29(36)19-21-30/h5-21,26,33H,4,22-24H2,1-3H3,(H,38,42)/t26-,33-/m0/s1. The Hall–Kier alpha value is -4.21. The van der Waals surface area contributed by atoms with E-state index >= 15 is 4.39 Å². The van der Waals surface area contributed by atoms with Crippen molar-refractivity contribution in [3.8, 4) is 0 Å². The molecule has 2 atom stereocenters. The molecule has 0 aliphatic carbocycles. The summed E-state index contributed by atoms with van der Waals surface area (Å²) in [5.74, 6) is -1.62. The number of hydrogen-bond acceptors (Lipinski definition) is 4. The van der Waals surface area contributed by atoms with Crippen molar-refractivity contribution in [1.82, 2.24) is 10.2 Å². The number of para-hydroxylation sites is 1. The second-order valence-corrected chi connectivity index (χ2v) is 13.2. The highest BCUT2D eigenvalue weighted by Gasteiger charge is 2.35. The van der Waals surface area contributed by atoms with Crippen molar-refractivity contribution in [3.05, 3.63) is 131 Å². The van der Waals surface area contributed by atoms with Gasteiger partial charge in [-0.05, 0) is 67.8 Å². The fourth-order valence-corrected chi connectivity index (χ4v) is 6.50. The van der Waals surface area contributed by atoms with E-state index in [0.29, 0.717) is 22.7 Å². The number of hydrogen-bond donors (Lipinski definition) is 1. The molecular weight excluding hydrogens is 613 g/mol. The minimum absolute atomic E-state index is 0.0565. The highest BCUT2D eigenvalue weighted by atomic mass is 35.5. The maximum atomic E-state index is 15.0. The predicted octanol–water partition coefficient (Wildman–Crippen LogP) is 6.54. The van der Waals surface area contributed by atoms with Crippen molar-refractivity contribution in [1.29, 1.82) is 0 Å². The molecule has 0 aliphatic rings. The molecule has 0 radical (unpaired) electrons. The molecule has 10 heteroatoms. The molecule has 0 fully saturated rings. The fraction of sp³-hybridized carbons (Fsp3) is 0.257. The number of halogens is 2. The van der Waals surface area contributed by atoms with Crippen LogP contribution in [0.5, 0.6) is 0 Å². The van der Waals surface area contributed by atoms with Gasteiger partial charge in [-0.1, -0.05) is 85.3 Å². The summed E-state index contributed by atoms with van der Waals surface area (Å²) in [4.78, 5) is 29.6. The van der Waals surface area contributed by atoms with E-state index < -0.39 is 40.2 Å². The summed E-state index contributed by atoms with van der Waals surface area (Å²) in [6.07, 6.45) is 0.795. The van der Waals surface area contributed by atoms with Gasteiger partial charge in [-0.15, -0.1) is 0 Å². The number of carbonyl (C=O) groups excluding carboxylic acids is 2. The molecule has 7 nitrogen and oxygen atoms in total. The molecule has 0 aliphatic heterocycles. The lowest BCUT2D eigenvalue weighted by Gasteiger charge is -2.34. The van der Waals surface area contributed by atoms with Gasteiger partial charge in [0.15, 0.2) is 0 Å². The number of benzene rings is 4. The number of anilines is 1. The van der Waals surface area contributed by atoms with Crippen LogP contribution in [-0.2, 0) is 32.6 Å². The molecule has 0 spiro atoms. The highest BCUT2D eigenvalue weighted by molar-refractivity contribution is 7.92. The first kappa shape index (κ1) is 33.7. The average molecular weight is 650 g/mol. The highest BCUT2D eigenvalue weighted by Crippen LogP contribution is 2.28. The van der Waals surface area contributed by atoms with E-state index in [0.717, 1.165) is 9.87 Å². The van der Waals surface area contributed by atoms with E-state index in [1.165, 1.54) is 35.2 Å². The Balaban J connectivity index is 1.83. The summed E-state index contributed by atoms with van der Waals surface area (Å²) in [5, 5.41) is 3.33. The second kappa shape index (κ2) is 15.2. The third-order valence-electron chi connectivity index (χ3n) is 7.64. The fourth-order valence-electron chi connectivity index (χ4n) is 4.90. The summed E-state index contributed by atoms with van der Waals surface area (Å²) in [6.45, 7) is 4.66. The summed E-state index contributed by atoms with van der Waals surface area (Å²) in [6, 6.07) is 26.5. The summed E-state index contributed by atoms with van der Waals surface area (Å²) in [5.41, 5.74) is 1.91. The van der Waals surface area contributed by atoms with Crippen LogP contribution >= 0.6 is 11.6 Å². The van der Waals surface area contributed by atoms with Gasteiger partial charge in [0.1, 0.15) is 18.4 Å². The van der Waals surface area contributed by atoms with Gasteiger partial charge in [-0.3, -0.25) is 13.9 Å². The van der Waals surface area contributed by atoms with Crippen LogP contribution in [-0.4, -0.2) is 43.8 Å². The smallest absolute Gasteiger partial charge is 0.264 e. The summed E-state index contributed by atoms with van der Waals surface area (Å²) >= 11 is 6.04. The third kappa shape index (κ3) is 8.49. The van der Waals surface area contributed by atoms with Gasteiger partial charge in [0.2, 0.25) is 11.8 Å². The minimum Gasteiger partial charge on any atom is -0.352 e. The van der Waals surface area contributed by atoms with Crippen LogP contribution in [0.15, 0.2) is 108 Å².